The van der Waals surface area contributed by atoms with Crippen molar-refractivity contribution in [2.75, 3.05) is 13.2 Å². The predicted molar refractivity (Wildman–Crippen MR) is 98.5 cm³/mol. The van der Waals surface area contributed by atoms with Crippen LogP contribution in [0.1, 0.15) is 69.7 Å². The number of hydrogen-bond donors (Lipinski definition) is 2. The van der Waals surface area contributed by atoms with Gasteiger partial charge in [-0.2, -0.15) is 0 Å². The fourth-order valence-electron chi connectivity index (χ4n) is 2.43. The fraction of sp³-hybridized carbons (Fsp3) is 0.650. The van der Waals surface area contributed by atoms with Crippen LogP contribution >= 0.6 is 0 Å². The molecule has 0 fully saturated rings. The maximum Gasteiger partial charge on any atom is 0.255 e. The summed E-state index contributed by atoms with van der Waals surface area (Å²) in [6.07, 6.45) is 5.74. The summed E-state index contributed by atoms with van der Waals surface area (Å²) in [6.45, 7) is 7.31. The van der Waals surface area contributed by atoms with Gasteiger partial charge in [-0.05, 0) is 30.9 Å². The number of nitrogens with one attached hydrogen (secondary N) is 1. The average molecular weight is 335 g/mol. The summed E-state index contributed by atoms with van der Waals surface area (Å²) in [6, 6.07) is 7.20. The summed E-state index contributed by atoms with van der Waals surface area (Å²) in [5, 5.41) is 12.9. The lowest BCUT2D eigenvalue weighted by Gasteiger charge is -2.15. The predicted octanol–water partition coefficient (Wildman–Crippen LogP) is 4.17. The summed E-state index contributed by atoms with van der Waals surface area (Å²) < 4.78 is 5.69. The maximum absolute atomic E-state index is 12.3. The number of carbonyl (C=O) groups is 1. The summed E-state index contributed by atoms with van der Waals surface area (Å²) >= 11 is 0. The molecule has 4 nitrogen and oxygen atoms in total. The number of benzene rings is 1. The van der Waals surface area contributed by atoms with Gasteiger partial charge in [-0.25, -0.2) is 0 Å². The highest BCUT2D eigenvalue weighted by Gasteiger charge is 2.13. The molecule has 1 amide bonds. The molecule has 0 spiro atoms. The maximum atomic E-state index is 12.3. The highest BCUT2D eigenvalue weighted by molar-refractivity contribution is 5.96. The van der Waals surface area contributed by atoms with Crippen molar-refractivity contribution in [2.24, 2.45) is 5.92 Å². The Labute approximate surface area is 146 Å². The van der Waals surface area contributed by atoms with Crippen molar-refractivity contribution < 1.29 is 14.6 Å². The molecule has 1 aromatic rings. The van der Waals surface area contributed by atoms with E-state index >= 15 is 0 Å². The third kappa shape index (κ3) is 8.34. The Balaban J connectivity index is 2.46. The molecule has 0 heterocycles. The van der Waals surface area contributed by atoms with Crippen molar-refractivity contribution in [3.63, 3.8) is 0 Å². The molecule has 1 atom stereocenters. The van der Waals surface area contributed by atoms with E-state index in [1.807, 2.05) is 12.1 Å². The largest absolute Gasteiger partial charge is 0.490 e. The van der Waals surface area contributed by atoms with Crippen LogP contribution in [0.5, 0.6) is 5.75 Å². The minimum atomic E-state index is -0.487. The van der Waals surface area contributed by atoms with Gasteiger partial charge in [0.1, 0.15) is 12.4 Å². The molecule has 1 rings (SSSR count). The zero-order chi connectivity index (χ0) is 17.8. The van der Waals surface area contributed by atoms with Gasteiger partial charge in [0.05, 0.1) is 11.7 Å². The fourth-order valence-corrected chi connectivity index (χ4v) is 2.43. The molecular formula is C20H33NO3. The smallest absolute Gasteiger partial charge is 0.255 e. The average Bonchev–Trinajstić information content (AvgIpc) is 2.56. The second kappa shape index (κ2) is 11.9. The van der Waals surface area contributed by atoms with E-state index in [4.69, 9.17) is 4.74 Å². The second-order valence-electron chi connectivity index (χ2n) is 6.75. The number of para-hydroxylation sites is 1. The van der Waals surface area contributed by atoms with E-state index < -0.39 is 6.10 Å². The van der Waals surface area contributed by atoms with Crippen molar-refractivity contribution in [2.45, 2.75) is 65.4 Å². The van der Waals surface area contributed by atoms with E-state index in [-0.39, 0.29) is 12.5 Å². The molecule has 2 N–H and O–H groups in total. The first-order chi connectivity index (χ1) is 11.5. The normalized spacial score (nSPS) is 12.2. The van der Waals surface area contributed by atoms with Crippen LogP contribution in [0.15, 0.2) is 24.3 Å². The molecular weight excluding hydrogens is 302 g/mol. The SMILES string of the molecule is CCCCCCC(O)COc1ccccc1C(=O)NCCC(C)C. The van der Waals surface area contributed by atoms with Crippen molar-refractivity contribution in [3.05, 3.63) is 29.8 Å². The molecule has 1 aromatic carbocycles. The Morgan fingerprint density at radius 2 is 1.92 bits per heavy atom. The number of ether oxygens (including phenoxy) is 1. The van der Waals surface area contributed by atoms with Gasteiger partial charge in [0.25, 0.3) is 5.91 Å². The van der Waals surface area contributed by atoms with Crippen molar-refractivity contribution in [3.8, 4) is 5.75 Å². The zero-order valence-corrected chi connectivity index (χ0v) is 15.4. The number of amides is 1. The summed E-state index contributed by atoms with van der Waals surface area (Å²) in [4.78, 5) is 12.3. The van der Waals surface area contributed by atoms with Crippen LogP contribution in [-0.2, 0) is 0 Å². The topological polar surface area (TPSA) is 58.6 Å². The molecule has 0 aliphatic rings. The summed E-state index contributed by atoms with van der Waals surface area (Å²) in [7, 11) is 0. The van der Waals surface area contributed by atoms with Crippen LogP contribution in [0, 0.1) is 5.92 Å². The molecule has 0 aliphatic heterocycles. The Bertz CT molecular complexity index is 474. The van der Waals surface area contributed by atoms with E-state index in [1.54, 1.807) is 12.1 Å². The molecule has 4 heteroatoms. The molecule has 0 saturated carbocycles. The van der Waals surface area contributed by atoms with Gasteiger partial charge in [-0.1, -0.05) is 58.6 Å². The molecule has 0 saturated heterocycles. The third-order valence-electron chi connectivity index (χ3n) is 3.96. The number of aliphatic hydroxyl groups is 1. The first kappa shape index (κ1) is 20.5. The molecule has 0 bridgehead atoms. The van der Waals surface area contributed by atoms with Crippen LogP contribution in [0.2, 0.25) is 0 Å². The van der Waals surface area contributed by atoms with Crippen molar-refractivity contribution in [1.29, 1.82) is 0 Å². The molecule has 1 unspecified atom stereocenters. The Morgan fingerprint density at radius 1 is 1.17 bits per heavy atom. The lowest BCUT2D eigenvalue weighted by molar-refractivity contribution is 0.0902. The first-order valence-electron chi connectivity index (χ1n) is 9.22. The molecule has 0 radical (unpaired) electrons. The third-order valence-corrected chi connectivity index (χ3v) is 3.96. The van der Waals surface area contributed by atoms with E-state index in [0.29, 0.717) is 23.8 Å². The second-order valence-corrected chi connectivity index (χ2v) is 6.75. The van der Waals surface area contributed by atoms with Crippen molar-refractivity contribution >= 4 is 5.91 Å². The van der Waals surface area contributed by atoms with Crippen LogP contribution in [0.25, 0.3) is 0 Å². The number of hydrogen-bond acceptors (Lipinski definition) is 3. The Hall–Kier alpha value is -1.55. The Kier molecular flexibility index (Phi) is 10.2. The van der Waals surface area contributed by atoms with E-state index in [0.717, 1.165) is 25.7 Å². The van der Waals surface area contributed by atoms with Crippen LogP contribution in [0.4, 0.5) is 0 Å². The van der Waals surface area contributed by atoms with Crippen LogP contribution in [0.3, 0.4) is 0 Å². The molecule has 0 aromatic heterocycles. The monoisotopic (exact) mass is 335 g/mol. The zero-order valence-electron chi connectivity index (χ0n) is 15.4. The van der Waals surface area contributed by atoms with Gasteiger partial charge in [-0.3, -0.25) is 4.79 Å². The van der Waals surface area contributed by atoms with E-state index in [9.17, 15) is 9.90 Å². The number of rotatable bonds is 12. The molecule has 136 valence electrons. The van der Waals surface area contributed by atoms with Gasteiger partial charge in [0, 0.05) is 6.54 Å². The Morgan fingerprint density at radius 3 is 2.62 bits per heavy atom. The van der Waals surface area contributed by atoms with Gasteiger partial charge >= 0.3 is 0 Å². The summed E-state index contributed by atoms with van der Waals surface area (Å²) in [5.74, 6) is 0.968. The lowest BCUT2D eigenvalue weighted by Crippen LogP contribution is -2.26. The van der Waals surface area contributed by atoms with Gasteiger partial charge < -0.3 is 15.2 Å². The van der Waals surface area contributed by atoms with Crippen LogP contribution in [-0.4, -0.2) is 30.3 Å². The minimum absolute atomic E-state index is 0.122. The standard InChI is InChI=1S/C20H33NO3/c1-4-5-6-7-10-17(22)15-24-19-12-9-8-11-18(19)20(23)21-14-13-16(2)3/h8-9,11-12,16-17,22H,4-7,10,13-15H2,1-3H3,(H,21,23). The molecule has 0 aliphatic carbocycles. The van der Waals surface area contributed by atoms with E-state index in [2.05, 4.69) is 26.1 Å². The number of aliphatic hydroxyl groups excluding tert-OH is 1. The number of carbonyl (C=O) groups excluding carboxylic acids is 1. The summed E-state index contributed by atoms with van der Waals surface area (Å²) in [5.41, 5.74) is 0.527. The van der Waals surface area contributed by atoms with Crippen molar-refractivity contribution in [1.82, 2.24) is 5.32 Å². The quantitative estimate of drug-likeness (QED) is 0.564. The van der Waals surface area contributed by atoms with Crippen LogP contribution < -0.4 is 10.1 Å². The van der Waals surface area contributed by atoms with Gasteiger partial charge in [-0.15, -0.1) is 0 Å². The first-order valence-corrected chi connectivity index (χ1v) is 9.22. The van der Waals surface area contributed by atoms with Gasteiger partial charge in [0.15, 0.2) is 0 Å². The minimum Gasteiger partial charge on any atom is -0.490 e. The molecule has 24 heavy (non-hydrogen) atoms. The highest BCUT2D eigenvalue weighted by atomic mass is 16.5. The lowest BCUT2D eigenvalue weighted by atomic mass is 10.1. The van der Waals surface area contributed by atoms with E-state index in [1.165, 1.54) is 12.8 Å². The highest BCUT2D eigenvalue weighted by Crippen LogP contribution is 2.18. The van der Waals surface area contributed by atoms with Gasteiger partial charge in [0.2, 0.25) is 0 Å². The number of unbranched alkanes of at least 4 members (excludes halogenated alkanes) is 3.